The molecule has 1 heterocycles. The molecule has 1 aliphatic rings. The van der Waals surface area contributed by atoms with Crippen LogP contribution in [0.3, 0.4) is 0 Å². The van der Waals surface area contributed by atoms with Gasteiger partial charge in [-0.2, -0.15) is 0 Å². The summed E-state index contributed by atoms with van der Waals surface area (Å²) in [5, 5.41) is 8.91. The lowest BCUT2D eigenvalue weighted by atomic mass is 10.0. The van der Waals surface area contributed by atoms with Gasteiger partial charge in [0, 0.05) is 12.6 Å². The van der Waals surface area contributed by atoms with Crippen molar-refractivity contribution in [3.63, 3.8) is 0 Å². The Kier molecular flexibility index (Phi) is 2.73. The summed E-state index contributed by atoms with van der Waals surface area (Å²) in [6, 6.07) is 0.227. The van der Waals surface area contributed by atoms with E-state index >= 15 is 0 Å². The average Bonchev–Trinajstić information content (AvgIpc) is 2.61. The summed E-state index contributed by atoms with van der Waals surface area (Å²) >= 11 is 0. The Balaban J connectivity index is 2.45. The molecule has 12 heavy (non-hydrogen) atoms. The molecular formula is C9H17NO2. The third-order valence-corrected chi connectivity index (χ3v) is 2.29. The van der Waals surface area contributed by atoms with E-state index in [9.17, 15) is 4.79 Å². The van der Waals surface area contributed by atoms with Gasteiger partial charge in [-0.15, -0.1) is 0 Å². The maximum absolute atomic E-state index is 10.8. The molecule has 1 fully saturated rings. The van der Waals surface area contributed by atoms with Crippen LogP contribution in [-0.2, 0) is 4.79 Å². The van der Waals surface area contributed by atoms with E-state index in [-0.39, 0.29) is 6.04 Å². The van der Waals surface area contributed by atoms with Gasteiger partial charge in [-0.1, -0.05) is 13.8 Å². The smallest absolute Gasteiger partial charge is 0.320 e. The van der Waals surface area contributed by atoms with Crippen molar-refractivity contribution in [2.75, 3.05) is 6.54 Å². The van der Waals surface area contributed by atoms with Crippen LogP contribution < -0.4 is 0 Å². The molecule has 3 atom stereocenters. The maximum atomic E-state index is 10.8. The first-order valence-corrected chi connectivity index (χ1v) is 4.51. The Labute approximate surface area is 73.4 Å². The van der Waals surface area contributed by atoms with Crippen LogP contribution in [0.5, 0.6) is 0 Å². The average molecular weight is 171 g/mol. The lowest BCUT2D eigenvalue weighted by molar-refractivity contribution is -0.141. The van der Waals surface area contributed by atoms with Crippen LogP contribution in [0.15, 0.2) is 0 Å². The van der Waals surface area contributed by atoms with Gasteiger partial charge >= 0.3 is 5.97 Å². The second-order valence-electron chi connectivity index (χ2n) is 4.03. The minimum atomic E-state index is -0.673. The quantitative estimate of drug-likeness (QED) is 0.646. The van der Waals surface area contributed by atoms with Crippen molar-refractivity contribution in [2.45, 2.75) is 39.3 Å². The fraction of sp³-hybridized carbons (Fsp3) is 0.889. The standard InChI is InChI=1S/C9H17NO2/c1-6(2)4-8(9(11)12)10-5-7(10)3/h6-8H,4-5H2,1-3H3,(H,11,12)/t7?,8-,10?/m0/s1. The summed E-state index contributed by atoms with van der Waals surface area (Å²) in [6.07, 6.45) is 0.764. The van der Waals surface area contributed by atoms with Crippen LogP contribution in [0.1, 0.15) is 27.2 Å². The molecule has 0 saturated carbocycles. The van der Waals surface area contributed by atoms with Crippen LogP contribution in [0.4, 0.5) is 0 Å². The number of aliphatic carboxylic acids is 1. The number of hydrogen-bond acceptors (Lipinski definition) is 2. The van der Waals surface area contributed by atoms with Gasteiger partial charge in [0.1, 0.15) is 6.04 Å². The van der Waals surface area contributed by atoms with Gasteiger partial charge in [0.05, 0.1) is 0 Å². The molecular weight excluding hydrogens is 154 g/mol. The zero-order chi connectivity index (χ0) is 9.30. The Morgan fingerprint density at radius 2 is 2.17 bits per heavy atom. The van der Waals surface area contributed by atoms with Crippen LogP contribution in [-0.4, -0.2) is 34.6 Å². The predicted octanol–water partition coefficient (Wildman–Crippen LogP) is 1.19. The largest absolute Gasteiger partial charge is 0.480 e. The highest BCUT2D eigenvalue weighted by molar-refractivity contribution is 5.74. The topological polar surface area (TPSA) is 40.3 Å². The normalized spacial score (nSPS) is 30.3. The Bertz CT molecular complexity index is 179. The summed E-state index contributed by atoms with van der Waals surface area (Å²) in [6.45, 7) is 7.13. The van der Waals surface area contributed by atoms with E-state index in [4.69, 9.17) is 5.11 Å². The molecule has 70 valence electrons. The molecule has 1 saturated heterocycles. The summed E-state index contributed by atoms with van der Waals surface area (Å²) in [5.41, 5.74) is 0. The highest BCUT2D eigenvalue weighted by Gasteiger charge is 2.39. The molecule has 2 unspecified atom stereocenters. The maximum Gasteiger partial charge on any atom is 0.320 e. The first kappa shape index (κ1) is 9.52. The van der Waals surface area contributed by atoms with Crippen molar-refractivity contribution in [1.29, 1.82) is 0 Å². The Morgan fingerprint density at radius 1 is 1.67 bits per heavy atom. The van der Waals surface area contributed by atoms with Gasteiger partial charge in [-0.05, 0) is 19.3 Å². The van der Waals surface area contributed by atoms with Gasteiger partial charge in [-0.3, -0.25) is 9.69 Å². The van der Waals surface area contributed by atoms with E-state index in [1.807, 2.05) is 4.90 Å². The SMILES string of the molecule is CC(C)C[C@@H](C(=O)O)N1CC1C. The minimum absolute atomic E-state index is 0.250. The fourth-order valence-corrected chi connectivity index (χ4v) is 1.52. The van der Waals surface area contributed by atoms with Crippen molar-refractivity contribution in [3.05, 3.63) is 0 Å². The predicted molar refractivity (Wildman–Crippen MR) is 47.0 cm³/mol. The molecule has 0 aliphatic carbocycles. The number of rotatable bonds is 4. The highest BCUT2D eigenvalue weighted by Crippen LogP contribution is 2.24. The first-order chi connectivity index (χ1) is 5.52. The molecule has 3 nitrogen and oxygen atoms in total. The number of carboxylic acids is 1. The second-order valence-corrected chi connectivity index (χ2v) is 4.03. The number of nitrogens with zero attached hydrogens (tertiary/aromatic N) is 1. The molecule has 0 aromatic heterocycles. The Hall–Kier alpha value is -0.570. The van der Waals surface area contributed by atoms with Gasteiger partial charge in [0.2, 0.25) is 0 Å². The van der Waals surface area contributed by atoms with E-state index in [1.54, 1.807) is 0 Å². The summed E-state index contributed by atoms with van der Waals surface area (Å²) < 4.78 is 0. The molecule has 0 amide bonds. The lowest BCUT2D eigenvalue weighted by Crippen LogP contribution is -2.31. The van der Waals surface area contributed by atoms with Crippen molar-refractivity contribution >= 4 is 5.97 Å². The van der Waals surface area contributed by atoms with E-state index in [0.717, 1.165) is 13.0 Å². The highest BCUT2D eigenvalue weighted by atomic mass is 16.4. The number of carboxylic acid groups (broad SMARTS) is 1. The van der Waals surface area contributed by atoms with E-state index in [0.29, 0.717) is 12.0 Å². The van der Waals surface area contributed by atoms with E-state index in [1.165, 1.54) is 0 Å². The number of hydrogen-bond donors (Lipinski definition) is 1. The molecule has 0 aromatic rings. The fourth-order valence-electron chi connectivity index (χ4n) is 1.52. The van der Waals surface area contributed by atoms with Gasteiger partial charge in [0.15, 0.2) is 0 Å². The zero-order valence-corrected chi connectivity index (χ0v) is 7.95. The summed E-state index contributed by atoms with van der Waals surface area (Å²) in [5.74, 6) is -0.216. The van der Waals surface area contributed by atoms with Crippen LogP contribution in [0.25, 0.3) is 0 Å². The molecule has 1 aliphatic heterocycles. The summed E-state index contributed by atoms with van der Waals surface area (Å²) in [7, 11) is 0. The molecule has 3 heteroatoms. The monoisotopic (exact) mass is 171 g/mol. The van der Waals surface area contributed by atoms with Crippen LogP contribution in [0, 0.1) is 5.92 Å². The Morgan fingerprint density at radius 3 is 2.42 bits per heavy atom. The molecule has 0 aromatic carbocycles. The van der Waals surface area contributed by atoms with Crippen molar-refractivity contribution < 1.29 is 9.90 Å². The molecule has 1 rings (SSSR count). The molecule has 0 spiro atoms. The van der Waals surface area contributed by atoms with Gasteiger partial charge in [0.25, 0.3) is 0 Å². The van der Waals surface area contributed by atoms with Gasteiger partial charge in [-0.25, -0.2) is 0 Å². The molecule has 0 bridgehead atoms. The van der Waals surface area contributed by atoms with Crippen LogP contribution in [0.2, 0.25) is 0 Å². The second kappa shape index (κ2) is 3.44. The lowest BCUT2D eigenvalue weighted by Gasteiger charge is -2.15. The third kappa shape index (κ3) is 2.21. The third-order valence-electron chi connectivity index (χ3n) is 2.29. The van der Waals surface area contributed by atoms with Gasteiger partial charge < -0.3 is 5.11 Å². The zero-order valence-electron chi connectivity index (χ0n) is 7.95. The van der Waals surface area contributed by atoms with E-state index in [2.05, 4.69) is 20.8 Å². The van der Waals surface area contributed by atoms with E-state index < -0.39 is 5.97 Å². The van der Waals surface area contributed by atoms with Crippen molar-refractivity contribution in [2.24, 2.45) is 5.92 Å². The minimum Gasteiger partial charge on any atom is -0.480 e. The van der Waals surface area contributed by atoms with Crippen molar-refractivity contribution in [1.82, 2.24) is 4.90 Å². The van der Waals surface area contributed by atoms with Crippen molar-refractivity contribution in [3.8, 4) is 0 Å². The molecule has 0 radical (unpaired) electrons. The number of carbonyl (C=O) groups is 1. The summed E-state index contributed by atoms with van der Waals surface area (Å²) in [4.78, 5) is 12.9. The molecule has 1 N–H and O–H groups in total. The van der Waals surface area contributed by atoms with Crippen LogP contribution >= 0.6 is 0 Å². The first-order valence-electron chi connectivity index (χ1n) is 4.51.